The Morgan fingerprint density at radius 2 is 2.26 bits per heavy atom. The zero-order valence-electron chi connectivity index (χ0n) is 10.9. The van der Waals surface area contributed by atoms with Crippen LogP contribution in [0.4, 0.5) is 0 Å². The van der Waals surface area contributed by atoms with E-state index in [9.17, 15) is 8.42 Å². The van der Waals surface area contributed by atoms with Gasteiger partial charge in [0.05, 0.1) is 12.9 Å². The highest BCUT2D eigenvalue weighted by atomic mass is 79.9. The van der Waals surface area contributed by atoms with E-state index in [4.69, 9.17) is 4.74 Å². The summed E-state index contributed by atoms with van der Waals surface area (Å²) in [6.07, 6.45) is 3.18. The van der Waals surface area contributed by atoms with Crippen LogP contribution in [0, 0.1) is 5.92 Å². The van der Waals surface area contributed by atoms with Gasteiger partial charge in [0.1, 0.15) is 5.75 Å². The molecule has 1 fully saturated rings. The van der Waals surface area contributed by atoms with Gasteiger partial charge in [-0.05, 0) is 31.0 Å². The van der Waals surface area contributed by atoms with Gasteiger partial charge in [0.2, 0.25) is 10.0 Å². The summed E-state index contributed by atoms with van der Waals surface area (Å²) in [6, 6.07) is 7.68. The molecule has 0 aliphatic carbocycles. The molecule has 106 valence electrons. The van der Waals surface area contributed by atoms with Gasteiger partial charge in [-0.2, -0.15) is 0 Å². The lowest BCUT2D eigenvalue weighted by Gasteiger charge is -2.30. The Kier molecular flexibility index (Phi) is 4.86. The molecule has 4 nitrogen and oxygen atoms in total. The Morgan fingerprint density at radius 1 is 1.47 bits per heavy atom. The van der Waals surface area contributed by atoms with Crippen molar-refractivity contribution in [1.29, 1.82) is 0 Å². The van der Waals surface area contributed by atoms with Crippen LogP contribution in [-0.2, 0) is 10.0 Å². The average molecular weight is 348 g/mol. The predicted molar refractivity (Wildman–Crippen MR) is 78.8 cm³/mol. The summed E-state index contributed by atoms with van der Waals surface area (Å²) in [5.41, 5.74) is 0. The summed E-state index contributed by atoms with van der Waals surface area (Å²) in [5.74, 6) is 1.08. The van der Waals surface area contributed by atoms with Crippen molar-refractivity contribution >= 4 is 26.0 Å². The smallest absolute Gasteiger partial charge is 0.211 e. The summed E-state index contributed by atoms with van der Waals surface area (Å²) in [5, 5.41) is 0. The van der Waals surface area contributed by atoms with E-state index in [0.717, 1.165) is 23.1 Å². The largest absolute Gasteiger partial charge is 0.493 e. The fourth-order valence-electron chi connectivity index (χ4n) is 2.23. The van der Waals surface area contributed by atoms with Crippen molar-refractivity contribution in [2.45, 2.75) is 12.8 Å². The Labute approximate surface area is 122 Å². The van der Waals surface area contributed by atoms with E-state index >= 15 is 0 Å². The van der Waals surface area contributed by atoms with Gasteiger partial charge in [0.15, 0.2) is 0 Å². The summed E-state index contributed by atoms with van der Waals surface area (Å²) in [6.45, 7) is 1.75. The van der Waals surface area contributed by atoms with E-state index in [-0.39, 0.29) is 5.92 Å². The molecule has 1 saturated heterocycles. The maximum atomic E-state index is 11.5. The molecule has 1 aromatic rings. The van der Waals surface area contributed by atoms with Gasteiger partial charge in [-0.15, -0.1) is 0 Å². The number of halogens is 1. The van der Waals surface area contributed by atoms with Crippen LogP contribution in [0.2, 0.25) is 0 Å². The standard InChI is InChI=1S/C13H18BrNO3S/c1-19(16,17)15-7-3-4-11(9-15)10-18-13-6-2-5-12(14)8-13/h2,5-6,8,11H,3-4,7,9-10H2,1H3. The second-order valence-corrected chi connectivity index (χ2v) is 7.80. The molecule has 2 rings (SSSR count). The van der Waals surface area contributed by atoms with E-state index in [1.165, 1.54) is 6.26 Å². The first kappa shape index (κ1) is 14.8. The molecule has 0 radical (unpaired) electrons. The van der Waals surface area contributed by atoms with Crippen molar-refractivity contribution in [1.82, 2.24) is 4.31 Å². The third kappa shape index (κ3) is 4.47. The first-order chi connectivity index (χ1) is 8.95. The number of hydrogen-bond donors (Lipinski definition) is 0. The highest BCUT2D eigenvalue weighted by molar-refractivity contribution is 9.10. The third-order valence-corrected chi connectivity index (χ3v) is 5.00. The number of rotatable bonds is 4. The quantitative estimate of drug-likeness (QED) is 0.840. The lowest BCUT2D eigenvalue weighted by Crippen LogP contribution is -2.40. The van der Waals surface area contributed by atoms with Crippen LogP contribution in [0.1, 0.15) is 12.8 Å². The van der Waals surface area contributed by atoms with Gasteiger partial charge in [-0.25, -0.2) is 12.7 Å². The number of benzene rings is 1. The molecular weight excluding hydrogens is 330 g/mol. The molecule has 6 heteroatoms. The Bertz CT molecular complexity index is 532. The number of piperidine rings is 1. The molecule has 1 heterocycles. The van der Waals surface area contributed by atoms with Gasteiger partial charge >= 0.3 is 0 Å². The highest BCUT2D eigenvalue weighted by Crippen LogP contribution is 2.22. The average Bonchev–Trinajstić information content (AvgIpc) is 2.36. The SMILES string of the molecule is CS(=O)(=O)N1CCCC(COc2cccc(Br)c2)C1. The number of hydrogen-bond acceptors (Lipinski definition) is 3. The fourth-order valence-corrected chi connectivity index (χ4v) is 3.56. The van der Waals surface area contributed by atoms with Crippen LogP contribution in [-0.4, -0.2) is 38.7 Å². The number of ether oxygens (including phenoxy) is 1. The van der Waals surface area contributed by atoms with Crippen LogP contribution < -0.4 is 4.74 Å². The lowest BCUT2D eigenvalue weighted by molar-refractivity contribution is 0.180. The second-order valence-electron chi connectivity index (χ2n) is 4.90. The van der Waals surface area contributed by atoms with Crippen molar-refractivity contribution in [3.8, 4) is 5.75 Å². The number of sulfonamides is 1. The molecule has 0 bridgehead atoms. The zero-order chi connectivity index (χ0) is 13.9. The fraction of sp³-hybridized carbons (Fsp3) is 0.538. The molecule has 1 atom stereocenters. The monoisotopic (exact) mass is 347 g/mol. The normalized spacial score (nSPS) is 21.3. The van der Waals surface area contributed by atoms with E-state index in [1.807, 2.05) is 24.3 Å². The van der Waals surface area contributed by atoms with Crippen LogP contribution >= 0.6 is 15.9 Å². The van der Waals surface area contributed by atoms with E-state index in [2.05, 4.69) is 15.9 Å². The molecule has 1 aliphatic heterocycles. The molecule has 1 unspecified atom stereocenters. The summed E-state index contributed by atoms with van der Waals surface area (Å²) >= 11 is 3.40. The summed E-state index contributed by atoms with van der Waals surface area (Å²) < 4.78 is 31.3. The van der Waals surface area contributed by atoms with Gasteiger partial charge in [0.25, 0.3) is 0 Å². The number of nitrogens with zero attached hydrogens (tertiary/aromatic N) is 1. The highest BCUT2D eigenvalue weighted by Gasteiger charge is 2.26. The molecule has 1 aromatic carbocycles. The van der Waals surface area contributed by atoms with Crippen molar-refractivity contribution in [3.63, 3.8) is 0 Å². The first-order valence-corrected chi connectivity index (χ1v) is 8.93. The maximum absolute atomic E-state index is 11.5. The summed E-state index contributed by atoms with van der Waals surface area (Å²) in [7, 11) is -3.08. The van der Waals surface area contributed by atoms with Gasteiger partial charge in [0, 0.05) is 23.5 Å². The molecule has 0 saturated carbocycles. The topological polar surface area (TPSA) is 46.6 Å². The second kappa shape index (κ2) is 6.24. The molecule has 19 heavy (non-hydrogen) atoms. The minimum absolute atomic E-state index is 0.266. The summed E-state index contributed by atoms with van der Waals surface area (Å²) in [4.78, 5) is 0. The van der Waals surface area contributed by atoms with Crippen LogP contribution in [0.5, 0.6) is 5.75 Å². The molecule has 0 N–H and O–H groups in total. The third-order valence-electron chi connectivity index (χ3n) is 3.23. The molecule has 0 aromatic heterocycles. The molecule has 1 aliphatic rings. The van der Waals surface area contributed by atoms with Gasteiger partial charge in [-0.1, -0.05) is 22.0 Å². The maximum Gasteiger partial charge on any atom is 0.211 e. The van der Waals surface area contributed by atoms with Crippen molar-refractivity contribution in [2.24, 2.45) is 5.92 Å². The zero-order valence-corrected chi connectivity index (χ0v) is 13.3. The molecule has 0 amide bonds. The minimum Gasteiger partial charge on any atom is -0.493 e. The van der Waals surface area contributed by atoms with Crippen molar-refractivity contribution in [3.05, 3.63) is 28.7 Å². The van der Waals surface area contributed by atoms with E-state index < -0.39 is 10.0 Å². The Balaban J connectivity index is 1.89. The Morgan fingerprint density at radius 3 is 2.95 bits per heavy atom. The van der Waals surface area contributed by atoms with Gasteiger partial charge in [-0.3, -0.25) is 0 Å². The van der Waals surface area contributed by atoms with E-state index in [1.54, 1.807) is 4.31 Å². The Hall–Kier alpha value is -0.590. The van der Waals surface area contributed by atoms with Crippen LogP contribution in [0.3, 0.4) is 0 Å². The first-order valence-electron chi connectivity index (χ1n) is 6.28. The molecule has 0 spiro atoms. The van der Waals surface area contributed by atoms with Crippen molar-refractivity contribution < 1.29 is 13.2 Å². The minimum atomic E-state index is -3.08. The van der Waals surface area contributed by atoms with Gasteiger partial charge < -0.3 is 4.74 Å². The lowest BCUT2D eigenvalue weighted by atomic mass is 10.0. The van der Waals surface area contributed by atoms with E-state index in [0.29, 0.717) is 19.7 Å². The predicted octanol–water partition coefficient (Wildman–Crippen LogP) is 2.50. The van der Waals surface area contributed by atoms with Crippen LogP contribution in [0.15, 0.2) is 28.7 Å². The molecular formula is C13H18BrNO3S. The van der Waals surface area contributed by atoms with Crippen LogP contribution in [0.25, 0.3) is 0 Å². The van der Waals surface area contributed by atoms with Crippen molar-refractivity contribution in [2.75, 3.05) is 26.0 Å².